The molecule has 3 rings (SSSR count). The SMILES string of the molecule is COc1ccc(OCc2c(Cl)cc(F)cc2C(C)N2C[C@@H](O[Si](C)(C)C(C)(C)C)CCC2=O)cc1. The molecule has 1 heterocycles. The summed E-state index contributed by atoms with van der Waals surface area (Å²) in [5.41, 5.74) is 1.31. The van der Waals surface area contributed by atoms with Crippen molar-refractivity contribution in [2.75, 3.05) is 13.7 Å². The van der Waals surface area contributed by atoms with E-state index in [0.29, 0.717) is 36.3 Å². The van der Waals surface area contributed by atoms with Gasteiger partial charge in [-0.1, -0.05) is 32.4 Å². The molecule has 1 saturated heterocycles. The van der Waals surface area contributed by atoms with Crippen molar-refractivity contribution in [2.45, 2.75) is 77.4 Å². The minimum absolute atomic E-state index is 0.0370. The van der Waals surface area contributed by atoms with Gasteiger partial charge >= 0.3 is 0 Å². The molecule has 35 heavy (non-hydrogen) atoms. The van der Waals surface area contributed by atoms with Crippen LogP contribution in [0.1, 0.15) is 57.7 Å². The van der Waals surface area contributed by atoms with Gasteiger partial charge in [-0.05, 0) is 73.4 Å². The van der Waals surface area contributed by atoms with Crippen LogP contribution in [-0.2, 0) is 15.8 Å². The average Bonchev–Trinajstić information content (AvgIpc) is 2.78. The number of carbonyl (C=O) groups excluding carboxylic acids is 1. The average molecular weight is 522 g/mol. The molecule has 2 aromatic rings. The Labute approximate surface area is 214 Å². The number of methoxy groups -OCH3 is 1. The Morgan fingerprint density at radius 3 is 2.40 bits per heavy atom. The van der Waals surface area contributed by atoms with Crippen molar-refractivity contribution < 1.29 is 23.1 Å². The first-order valence-corrected chi connectivity index (χ1v) is 15.3. The summed E-state index contributed by atoms with van der Waals surface area (Å²) in [5.74, 6) is 0.963. The summed E-state index contributed by atoms with van der Waals surface area (Å²) in [6, 6.07) is 9.57. The molecule has 8 heteroatoms. The normalized spacial score (nSPS) is 17.9. The first-order chi connectivity index (χ1) is 16.3. The third kappa shape index (κ3) is 6.57. The number of halogens is 2. The first-order valence-electron chi connectivity index (χ1n) is 12.0. The topological polar surface area (TPSA) is 48.0 Å². The van der Waals surface area contributed by atoms with Crippen LogP contribution >= 0.6 is 11.6 Å². The Morgan fingerprint density at radius 1 is 1.17 bits per heavy atom. The molecule has 2 atom stereocenters. The Balaban J connectivity index is 1.82. The summed E-state index contributed by atoms with van der Waals surface area (Å²) < 4.78 is 32.2. The molecule has 192 valence electrons. The van der Waals surface area contributed by atoms with Gasteiger partial charge in [0.1, 0.15) is 23.9 Å². The van der Waals surface area contributed by atoms with Crippen LogP contribution in [0, 0.1) is 5.82 Å². The number of hydrogen-bond donors (Lipinski definition) is 0. The molecular formula is C27H37ClFNO4Si. The van der Waals surface area contributed by atoms with Crippen LogP contribution in [0.2, 0.25) is 23.2 Å². The van der Waals surface area contributed by atoms with Crippen molar-refractivity contribution in [3.05, 3.63) is 58.4 Å². The third-order valence-corrected chi connectivity index (χ3v) is 12.1. The van der Waals surface area contributed by atoms with E-state index in [4.69, 9.17) is 25.5 Å². The Hall–Kier alpha value is -2.09. The molecule has 0 aromatic heterocycles. The zero-order chi connectivity index (χ0) is 26.0. The summed E-state index contributed by atoms with van der Waals surface area (Å²) >= 11 is 6.47. The fourth-order valence-corrected chi connectivity index (χ4v) is 5.70. The maximum absolute atomic E-state index is 14.4. The van der Waals surface area contributed by atoms with Gasteiger partial charge in [-0.25, -0.2) is 4.39 Å². The molecule has 0 bridgehead atoms. The van der Waals surface area contributed by atoms with Crippen LogP contribution in [0.4, 0.5) is 4.39 Å². The number of hydrogen-bond acceptors (Lipinski definition) is 4. The van der Waals surface area contributed by atoms with Crippen LogP contribution in [0.5, 0.6) is 11.5 Å². The minimum atomic E-state index is -1.99. The Kier molecular flexibility index (Phi) is 8.55. The molecule has 1 amide bonds. The zero-order valence-electron chi connectivity index (χ0n) is 21.8. The van der Waals surface area contributed by atoms with Crippen molar-refractivity contribution in [1.29, 1.82) is 0 Å². The van der Waals surface area contributed by atoms with Gasteiger partial charge < -0.3 is 18.8 Å². The lowest BCUT2D eigenvalue weighted by Crippen LogP contribution is -2.51. The smallest absolute Gasteiger partial charge is 0.223 e. The molecule has 0 aliphatic carbocycles. The van der Waals surface area contributed by atoms with Gasteiger partial charge in [-0.3, -0.25) is 4.79 Å². The Morgan fingerprint density at radius 2 is 1.80 bits per heavy atom. The summed E-state index contributed by atoms with van der Waals surface area (Å²) in [5, 5.41) is 0.353. The number of rotatable bonds is 8. The maximum Gasteiger partial charge on any atom is 0.223 e. The molecular weight excluding hydrogens is 485 g/mol. The monoisotopic (exact) mass is 521 g/mol. The lowest BCUT2D eigenvalue weighted by Gasteiger charge is -2.43. The highest BCUT2D eigenvalue weighted by Crippen LogP contribution is 2.39. The number of benzene rings is 2. The highest BCUT2D eigenvalue weighted by molar-refractivity contribution is 6.74. The second-order valence-electron chi connectivity index (χ2n) is 10.7. The van der Waals surface area contributed by atoms with E-state index in [9.17, 15) is 9.18 Å². The maximum atomic E-state index is 14.4. The number of piperidine rings is 1. The fraction of sp³-hybridized carbons (Fsp3) is 0.519. The molecule has 1 fully saturated rings. The number of likely N-dealkylation sites (tertiary alicyclic amines) is 1. The minimum Gasteiger partial charge on any atom is -0.497 e. The predicted octanol–water partition coefficient (Wildman–Crippen LogP) is 7.14. The summed E-state index contributed by atoms with van der Waals surface area (Å²) in [6.45, 7) is 13.6. The molecule has 2 aromatic carbocycles. The van der Waals surface area contributed by atoms with Crippen molar-refractivity contribution >= 4 is 25.8 Å². The van der Waals surface area contributed by atoms with E-state index in [2.05, 4.69) is 33.9 Å². The van der Waals surface area contributed by atoms with E-state index < -0.39 is 14.1 Å². The van der Waals surface area contributed by atoms with Gasteiger partial charge in [0.05, 0.1) is 24.3 Å². The van der Waals surface area contributed by atoms with Gasteiger partial charge in [0.2, 0.25) is 5.91 Å². The van der Waals surface area contributed by atoms with Gasteiger partial charge in [0, 0.05) is 18.5 Å². The second-order valence-corrected chi connectivity index (χ2v) is 15.8. The first kappa shape index (κ1) is 27.5. The van der Waals surface area contributed by atoms with Crippen LogP contribution in [0.25, 0.3) is 0 Å². The summed E-state index contributed by atoms with van der Waals surface area (Å²) in [7, 11) is -0.389. The Bertz CT molecular complexity index is 1040. The number of amides is 1. The predicted molar refractivity (Wildman–Crippen MR) is 140 cm³/mol. The van der Waals surface area contributed by atoms with E-state index in [-0.39, 0.29) is 34.7 Å². The van der Waals surface area contributed by atoms with E-state index in [1.165, 1.54) is 12.1 Å². The largest absolute Gasteiger partial charge is 0.497 e. The lowest BCUT2D eigenvalue weighted by atomic mass is 9.97. The highest BCUT2D eigenvalue weighted by atomic mass is 35.5. The van der Waals surface area contributed by atoms with Gasteiger partial charge in [-0.15, -0.1) is 0 Å². The quantitative estimate of drug-likeness (QED) is 0.346. The summed E-state index contributed by atoms with van der Waals surface area (Å²) in [4.78, 5) is 14.7. The van der Waals surface area contributed by atoms with Crippen molar-refractivity contribution in [2.24, 2.45) is 0 Å². The molecule has 0 N–H and O–H groups in total. The van der Waals surface area contributed by atoms with Gasteiger partial charge in [0.15, 0.2) is 8.32 Å². The van der Waals surface area contributed by atoms with Gasteiger partial charge in [0.25, 0.3) is 0 Å². The van der Waals surface area contributed by atoms with Crippen molar-refractivity contribution in [1.82, 2.24) is 4.90 Å². The van der Waals surface area contributed by atoms with E-state index >= 15 is 0 Å². The lowest BCUT2D eigenvalue weighted by molar-refractivity contribution is -0.139. The third-order valence-electron chi connectivity index (χ3n) is 7.22. The number of nitrogens with zero attached hydrogens (tertiary/aromatic N) is 1. The standard InChI is InChI=1S/C27H37ClFNO4Si/c1-18(30-16-22(12-13-26(30)31)34-35(6,7)27(2,3)4)23-14-19(29)15-25(28)24(23)17-33-21-10-8-20(32-5)9-11-21/h8-11,14-15,18,22H,12-13,16-17H2,1-7H3/t18?,22-/m0/s1. The molecule has 1 unspecified atom stereocenters. The number of carbonyl (C=O) groups is 1. The molecule has 1 aliphatic heterocycles. The zero-order valence-corrected chi connectivity index (χ0v) is 23.5. The fourth-order valence-electron chi connectivity index (χ4n) is 4.05. The van der Waals surface area contributed by atoms with E-state index in [0.717, 1.165) is 5.75 Å². The van der Waals surface area contributed by atoms with Crippen molar-refractivity contribution in [3.8, 4) is 11.5 Å². The molecule has 5 nitrogen and oxygen atoms in total. The molecule has 0 radical (unpaired) electrons. The molecule has 0 spiro atoms. The van der Waals surface area contributed by atoms with Crippen LogP contribution in [0.3, 0.4) is 0 Å². The van der Waals surface area contributed by atoms with E-state index in [1.54, 1.807) is 36.3 Å². The second kappa shape index (κ2) is 10.9. The van der Waals surface area contributed by atoms with Crippen molar-refractivity contribution in [3.63, 3.8) is 0 Å². The molecule has 0 saturated carbocycles. The van der Waals surface area contributed by atoms with Crippen LogP contribution in [0.15, 0.2) is 36.4 Å². The summed E-state index contributed by atoms with van der Waals surface area (Å²) in [6.07, 6.45) is 1.06. The van der Waals surface area contributed by atoms with Crippen LogP contribution < -0.4 is 9.47 Å². The van der Waals surface area contributed by atoms with E-state index in [1.807, 2.05) is 6.92 Å². The van der Waals surface area contributed by atoms with Gasteiger partial charge in [-0.2, -0.15) is 0 Å². The molecule has 1 aliphatic rings. The van der Waals surface area contributed by atoms with Crippen LogP contribution in [-0.4, -0.2) is 38.9 Å². The highest BCUT2D eigenvalue weighted by Gasteiger charge is 2.41. The number of ether oxygens (including phenoxy) is 2.